The van der Waals surface area contributed by atoms with Crippen LogP contribution in [0, 0.1) is 0 Å². The van der Waals surface area contributed by atoms with E-state index in [-0.39, 0.29) is 6.23 Å². The highest BCUT2D eigenvalue weighted by Crippen LogP contribution is 2.34. The van der Waals surface area contributed by atoms with Gasteiger partial charge in [0.25, 0.3) is 0 Å². The molecule has 0 saturated carbocycles. The summed E-state index contributed by atoms with van der Waals surface area (Å²) in [6.07, 6.45) is 3.33. The molecule has 5 rings (SSSR count). The van der Waals surface area contributed by atoms with Gasteiger partial charge in [-0.3, -0.25) is 5.10 Å². The fourth-order valence-corrected chi connectivity index (χ4v) is 3.54. The summed E-state index contributed by atoms with van der Waals surface area (Å²) in [5, 5.41) is 14.8. The molecule has 1 aliphatic rings. The van der Waals surface area contributed by atoms with Gasteiger partial charge in [0.15, 0.2) is 6.23 Å². The van der Waals surface area contributed by atoms with E-state index in [1.807, 2.05) is 22.9 Å². The molecule has 5 heteroatoms. The van der Waals surface area contributed by atoms with Gasteiger partial charge in [-0.25, -0.2) is 4.68 Å². The summed E-state index contributed by atoms with van der Waals surface area (Å²) >= 11 is 0. The third-order valence-corrected chi connectivity index (χ3v) is 4.74. The van der Waals surface area contributed by atoms with Crippen molar-refractivity contribution in [1.82, 2.24) is 20.0 Å². The zero-order valence-corrected chi connectivity index (χ0v) is 13.3. The highest BCUT2D eigenvalue weighted by atomic mass is 16.5. The maximum Gasteiger partial charge on any atom is 0.150 e. The number of fused-ring (bicyclic) bond motifs is 2. The molecule has 1 atom stereocenters. The van der Waals surface area contributed by atoms with Gasteiger partial charge in [-0.2, -0.15) is 10.2 Å². The molecule has 1 fully saturated rings. The molecule has 24 heavy (non-hydrogen) atoms. The molecule has 0 bridgehead atoms. The van der Waals surface area contributed by atoms with Crippen molar-refractivity contribution in [2.45, 2.75) is 25.5 Å². The molecule has 1 saturated heterocycles. The van der Waals surface area contributed by atoms with Crippen LogP contribution in [-0.4, -0.2) is 26.6 Å². The van der Waals surface area contributed by atoms with Gasteiger partial charge >= 0.3 is 0 Å². The first-order valence-electron chi connectivity index (χ1n) is 8.44. The quantitative estimate of drug-likeness (QED) is 0.600. The molecule has 2 aromatic heterocycles. The molecular formula is C19H18N4O. The summed E-state index contributed by atoms with van der Waals surface area (Å²) in [6.45, 7) is 0.805. The number of benzene rings is 2. The van der Waals surface area contributed by atoms with Gasteiger partial charge in [0, 0.05) is 17.4 Å². The van der Waals surface area contributed by atoms with Crippen LogP contribution in [0.2, 0.25) is 0 Å². The smallest absolute Gasteiger partial charge is 0.150 e. The van der Waals surface area contributed by atoms with Gasteiger partial charge in [-0.1, -0.05) is 36.4 Å². The second-order valence-electron chi connectivity index (χ2n) is 6.25. The van der Waals surface area contributed by atoms with Gasteiger partial charge in [0.2, 0.25) is 0 Å². The fraction of sp³-hybridized carbons (Fsp3) is 0.263. The molecule has 2 aromatic carbocycles. The van der Waals surface area contributed by atoms with Crippen LogP contribution in [0.25, 0.3) is 33.2 Å². The predicted octanol–water partition coefficient (Wildman–Crippen LogP) is 4.28. The lowest BCUT2D eigenvalue weighted by molar-refractivity contribution is -0.0365. The topological polar surface area (TPSA) is 55.7 Å². The van der Waals surface area contributed by atoms with Crippen LogP contribution in [0.4, 0.5) is 0 Å². The number of para-hydroxylation sites is 2. The number of nitrogens with zero attached hydrogens (tertiary/aromatic N) is 3. The van der Waals surface area contributed by atoms with Crippen LogP contribution < -0.4 is 0 Å². The molecule has 4 aromatic rings. The number of aromatic nitrogens is 4. The van der Waals surface area contributed by atoms with Gasteiger partial charge in [-0.05, 0) is 31.4 Å². The number of hydrogen-bond acceptors (Lipinski definition) is 3. The summed E-state index contributed by atoms with van der Waals surface area (Å²) in [7, 11) is 0. The predicted molar refractivity (Wildman–Crippen MR) is 93.7 cm³/mol. The number of hydrogen-bond donors (Lipinski definition) is 1. The van der Waals surface area contributed by atoms with Gasteiger partial charge in [0.1, 0.15) is 11.4 Å². The first-order chi connectivity index (χ1) is 11.9. The molecule has 1 N–H and O–H groups in total. The Labute approximate surface area is 139 Å². The lowest BCUT2D eigenvalue weighted by Gasteiger charge is -2.23. The summed E-state index contributed by atoms with van der Waals surface area (Å²) in [5.41, 5.74) is 3.94. The monoisotopic (exact) mass is 318 g/mol. The largest absolute Gasteiger partial charge is 0.356 e. The Balaban J connectivity index is 1.74. The summed E-state index contributed by atoms with van der Waals surface area (Å²) < 4.78 is 8.00. The molecule has 1 aliphatic heterocycles. The minimum atomic E-state index is 0.0163. The van der Waals surface area contributed by atoms with Crippen LogP contribution in [-0.2, 0) is 4.74 Å². The van der Waals surface area contributed by atoms with E-state index in [0.717, 1.165) is 52.6 Å². The number of H-pyrrole nitrogens is 1. The van der Waals surface area contributed by atoms with E-state index in [9.17, 15) is 0 Å². The van der Waals surface area contributed by atoms with Crippen molar-refractivity contribution in [2.24, 2.45) is 0 Å². The van der Waals surface area contributed by atoms with Crippen molar-refractivity contribution >= 4 is 21.8 Å². The lowest BCUT2D eigenvalue weighted by Crippen LogP contribution is -2.19. The van der Waals surface area contributed by atoms with Crippen molar-refractivity contribution in [2.75, 3.05) is 6.61 Å². The van der Waals surface area contributed by atoms with Crippen LogP contribution in [0.3, 0.4) is 0 Å². The lowest BCUT2D eigenvalue weighted by atomic mass is 10.1. The van der Waals surface area contributed by atoms with E-state index in [4.69, 9.17) is 9.84 Å². The van der Waals surface area contributed by atoms with Crippen molar-refractivity contribution in [3.63, 3.8) is 0 Å². The Morgan fingerprint density at radius 2 is 1.79 bits per heavy atom. The highest BCUT2D eigenvalue weighted by Gasteiger charge is 2.23. The summed E-state index contributed by atoms with van der Waals surface area (Å²) in [4.78, 5) is 0. The first kappa shape index (κ1) is 13.7. The number of nitrogens with one attached hydrogen (secondary N) is 1. The summed E-state index contributed by atoms with van der Waals surface area (Å²) in [5.74, 6) is 0. The SMILES string of the molecule is c1ccc2c(-c3nn(C4CCCCO4)c4ccccc34)n[nH]c2c1. The average molecular weight is 318 g/mol. The van der Waals surface area contributed by atoms with Crippen molar-refractivity contribution in [3.05, 3.63) is 48.5 Å². The highest BCUT2D eigenvalue weighted by molar-refractivity contribution is 6.01. The zero-order chi connectivity index (χ0) is 15.9. The minimum absolute atomic E-state index is 0.0163. The second kappa shape index (κ2) is 5.46. The summed E-state index contributed by atoms with van der Waals surface area (Å²) in [6, 6.07) is 16.5. The number of rotatable bonds is 2. The van der Waals surface area contributed by atoms with E-state index >= 15 is 0 Å². The third kappa shape index (κ3) is 2.05. The molecule has 0 spiro atoms. The zero-order valence-electron chi connectivity index (χ0n) is 13.3. The van der Waals surface area contributed by atoms with E-state index in [2.05, 4.69) is 40.5 Å². The van der Waals surface area contributed by atoms with E-state index in [0.29, 0.717) is 0 Å². The molecule has 120 valence electrons. The molecule has 0 aliphatic carbocycles. The van der Waals surface area contributed by atoms with Gasteiger partial charge < -0.3 is 4.74 Å². The van der Waals surface area contributed by atoms with E-state index < -0.39 is 0 Å². The van der Waals surface area contributed by atoms with Crippen LogP contribution >= 0.6 is 0 Å². The number of ether oxygens (including phenoxy) is 1. The Hall–Kier alpha value is -2.66. The molecular weight excluding hydrogens is 300 g/mol. The van der Waals surface area contributed by atoms with E-state index in [1.165, 1.54) is 6.42 Å². The Kier molecular flexibility index (Phi) is 3.13. The van der Waals surface area contributed by atoms with Crippen LogP contribution in [0.5, 0.6) is 0 Å². The standard InChI is InChI=1S/C19H18N4O/c1-3-9-15-13(7-1)18(21-20-15)19-14-8-2-4-10-16(14)23(22-19)17-11-5-6-12-24-17/h1-4,7-10,17H,5-6,11-12H2,(H,20,21). The minimum Gasteiger partial charge on any atom is -0.356 e. The average Bonchev–Trinajstić information content (AvgIpc) is 3.24. The normalized spacial score (nSPS) is 18.4. The molecule has 0 radical (unpaired) electrons. The third-order valence-electron chi connectivity index (χ3n) is 4.74. The van der Waals surface area contributed by atoms with Gasteiger partial charge in [0.05, 0.1) is 11.0 Å². The second-order valence-corrected chi connectivity index (χ2v) is 6.25. The molecule has 5 nitrogen and oxygen atoms in total. The molecule has 1 unspecified atom stereocenters. The number of aromatic amines is 1. The Bertz CT molecular complexity index is 1010. The van der Waals surface area contributed by atoms with Crippen molar-refractivity contribution < 1.29 is 4.74 Å². The van der Waals surface area contributed by atoms with Crippen molar-refractivity contribution in [3.8, 4) is 11.4 Å². The maximum atomic E-state index is 5.96. The first-order valence-corrected chi connectivity index (χ1v) is 8.44. The molecule has 3 heterocycles. The maximum absolute atomic E-state index is 5.96. The Morgan fingerprint density at radius 3 is 2.67 bits per heavy atom. The fourth-order valence-electron chi connectivity index (χ4n) is 3.54. The van der Waals surface area contributed by atoms with Gasteiger partial charge in [-0.15, -0.1) is 0 Å². The van der Waals surface area contributed by atoms with Crippen LogP contribution in [0.1, 0.15) is 25.5 Å². The van der Waals surface area contributed by atoms with E-state index in [1.54, 1.807) is 0 Å². The van der Waals surface area contributed by atoms with Crippen molar-refractivity contribution in [1.29, 1.82) is 0 Å². The van der Waals surface area contributed by atoms with Crippen LogP contribution in [0.15, 0.2) is 48.5 Å². The molecule has 0 amide bonds. The Morgan fingerprint density at radius 1 is 0.958 bits per heavy atom.